The van der Waals surface area contributed by atoms with Gasteiger partial charge < -0.3 is 0 Å². The summed E-state index contributed by atoms with van der Waals surface area (Å²) in [6.07, 6.45) is -3.59. The maximum Gasteiger partial charge on any atom is 0.426 e. The van der Waals surface area contributed by atoms with Gasteiger partial charge in [0, 0.05) is 0 Å². The summed E-state index contributed by atoms with van der Waals surface area (Å²) in [5.41, 5.74) is 3.55. The van der Waals surface area contributed by atoms with Crippen LogP contribution in [-0.4, -0.2) is 6.18 Å². The van der Waals surface area contributed by atoms with Gasteiger partial charge in [-0.15, -0.1) is 0 Å². The molecule has 2 aromatic rings. The molecule has 104 valence electrons. The topological polar surface area (TPSA) is 0 Å². The third-order valence-electron chi connectivity index (χ3n) is 2.86. The Morgan fingerprint density at radius 2 is 1.35 bits per heavy atom. The number of hydrogen-bond donors (Lipinski definition) is 0. The second kappa shape index (κ2) is 5.71. The predicted molar refractivity (Wildman–Crippen MR) is 76.5 cm³/mol. The number of benzene rings is 2. The van der Waals surface area contributed by atoms with E-state index in [2.05, 4.69) is 0 Å². The Hall–Kier alpha value is -1.74. The van der Waals surface area contributed by atoms with Gasteiger partial charge in [-0.25, -0.2) is 0 Å². The van der Waals surface area contributed by atoms with Gasteiger partial charge in [-0.1, -0.05) is 65.7 Å². The number of aryl methyl sites for hydroxylation is 1. The summed E-state index contributed by atoms with van der Waals surface area (Å²) in [5.74, 6) is 0. The van der Waals surface area contributed by atoms with Crippen LogP contribution in [-0.2, 0) is 0 Å². The lowest BCUT2D eigenvalue weighted by molar-refractivity contribution is -0.0836. The average Bonchev–Trinajstić information content (AvgIpc) is 2.39. The van der Waals surface area contributed by atoms with Gasteiger partial charge in [-0.2, -0.15) is 13.2 Å². The number of alkyl halides is 3. The lowest BCUT2D eigenvalue weighted by Crippen LogP contribution is -2.06. The first-order valence-electron chi connectivity index (χ1n) is 5.98. The Morgan fingerprint density at radius 1 is 0.900 bits per heavy atom. The first-order valence-corrected chi connectivity index (χ1v) is 6.35. The molecule has 0 spiro atoms. The molecule has 0 aromatic heterocycles. The van der Waals surface area contributed by atoms with Gasteiger partial charge in [-0.3, -0.25) is 0 Å². The molecule has 0 aliphatic heterocycles. The molecular formula is C16H12ClF3. The van der Waals surface area contributed by atoms with Gasteiger partial charge in [0.2, 0.25) is 0 Å². The molecule has 0 unspecified atom stereocenters. The molecule has 2 rings (SSSR count). The van der Waals surface area contributed by atoms with Crippen molar-refractivity contribution in [2.24, 2.45) is 0 Å². The minimum Gasteiger partial charge on any atom is -0.165 e. The molecule has 0 bridgehead atoms. The summed E-state index contributed by atoms with van der Waals surface area (Å²) < 4.78 is 36.9. The Balaban J connectivity index is 2.25. The van der Waals surface area contributed by atoms with Crippen molar-refractivity contribution in [1.29, 1.82) is 0 Å². The molecule has 0 heterocycles. The smallest absolute Gasteiger partial charge is 0.165 e. The van der Waals surface area contributed by atoms with E-state index in [9.17, 15) is 13.2 Å². The van der Waals surface area contributed by atoms with Crippen LogP contribution in [0.15, 0.2) is 53.6 Å². The van der Waals surface area contributed by atoms with Crippen molar-refractivity contribution in [2.45, 2.75) is 13.1 Å². The number of allylic oxidation sites excluding steroid dienone is 1. The lowest BCUT2D eigenvalue weighted by Gasteiger charge is -2.05. The maximum atomic E-state index is 12.3. The second-order valence-electron chi connectivity index (χ2n) is 4.48. The Bertz CT molecular complexity index is 608. The molecule has 0 radical (unpaired) electrons. The number of rotatable bonds is 2. The molecule has 0 fully saturated rings. The van der Waals surface area contributed by atoms with Crippen molar-refractivity contribution in [3.63, 3.8) is 0 Å². The van der Waals surface area contributed by atoms with E-state index in [0.717, 1.165) is 22.8 Å². The molecule has 0 saturated carbocycles. The van der Waals surface area contributed by atoms with Crippen LogP contribution >= 0.6 is 11.6 Å². The lowest BCUT2D eigenvalue weighted by atomic mass is 10.0. The van der Waals surface area contributed by atoms with Crippen molar-refractivity contribution in [3.8, 4) is 11.1 Å². The Labute approximate surface area is 120 Å². The van der Waals surface area contributed by atoms with Crippen LogP contribution in [0.25, 0.3) is 17.2 Å². The summed E-state index contributed by atoms with van der Waals surface area (Å²) in [6, 6.07) is 14.7. The van der Waals surface area contributed by atoms with Crippen molar-refractivity contribution in [1.82, 2.24) is 0 Å². The molecular weight excluding hydrogens is 285 g/mol. The summed E-state index contributed by atoms with van der Waals surface area (Å²) in [6.45, 7) is 2.00. The minimum absolute atomic E-state index is 0.420. The first-order chi connectivity index (χ1) is 9.36. The zero-order valence-corrected chi connectivity index (χ0v) is 11.5. The van der Waals surface area contributed by atoms with E-state index in [1.165, 1.54) is 0 Å². The van der Waals surface area contributed by atoms with E-state index in [1.54, 1.807) is 24.3 Å². The minimum atomic E-state index is -4.50. The van der Waals surface area contributed by atoms with Gasteiger partial charge in [0.15, 0.2) is 0 Å². The molecule has 4 heteroatoms. The standard InChI is InChI=1S/C16H12ClF3/c1-11-2-6-13(7-3-11)14-8-4-12(5-9-14)10-15(17)16(18,19)20/h2-10H,1H3/b15-10-. The molecule has 0 atom stereocenters. The van der Waals surface area contributed by atoms with Crippen LogP contribution in [0.2, 0.25) is 0 Å². The van der Waals surface area contributed by atoms with Crippen LogP contribution in [0.4, 0.5) is 13.2 Å². The van der Waals surface area contributed by atoms with E-state index in [1.807, 2.05) is 31.2 Å². The van der Waals surface area contributed by atoms with Gasteiger partial charge in [-0.05, 0) is 29.7 Å². The molecule has 0 nitrogen and oxygen atoms in total. The average molecular weight is 297 g/mol. The third-order valence-corrected chi connectivity index (χ3v) is 3.18. The molecule has 0 N–H and O–H groups in total. The van der Waals surface area contributed by atoms with Crippen LogP contribution in [0.1, 0.15) is 11.1 Å². The maximum absolute atomic E-state index is 12.3. The molecule has 0 saturated heterocycles. The fourth-order valence-electron chi connectivity index (χ4n) is 1.75. The highest BCUT2D eigenvalue weighted by Gasteiger charge is 2.32. The normalized spacial score (nSPS) is 12.6. The largest absolute Gasteiger partial charge is 0.426 e. The van der Waals surface area contributed by atoms with E-state index >= 15 is 0 Å². The van der Waals surface area contributed by atoms with Gasteiger partial charge >= 0.3 is 6.18 Å². The number of hydrogen-bond acceptors (Lipinski definition) is 0. The zero-order chi connectivity index (χ0) is 14.8. The Morgan fingerprint density at radius 3 is 1.80 bits per heavy atom. The van der Waals surface area contributed by atoms with Gasteiger partial charge in [0.25, 0.3) is 0 Å². The molecule has 0 aliphatic carbocycles. The summed E-state index contributed by atoms with van der Waals surface area (Å²) in [4.78, 5) is 0. The SMILES string of the molecule is Cc1ccc(-c2ccc(/C=C(\Cl)C(F)(F)F)cc2)cc1. The van der Waals surface area contributed by atoms with E-state index < -0.39 is 11.2 Å². The molecule has 0 amide bonds. The molecule has 2 aromatic carbocycles. The summed E-state index contributed by atoms with van der Waals surface area (Å²) in [5, 5.41) is -1.12. The highest BCUT2D eigenvalue weighted by Crippen LogP contribution is 2.30. The highest BCUT2D eigenvalue weighted by molar-refractivity contribution is 6.32. The van der Waals surface area contributed by atoms with Crippen molar-refractivity contribution >= 4 is 17.7 Å². The van der Waals surface area contributed by atoms with Crippen LogP contribution in [0, 0.1) is 6.92 Å². The molecule has 0 aliphatic rings. The highest BCUT2D eigenvalue weighted by atomic mass is 35.5. The first kappa shape index (κ1) is 14.7. The van der Waals surface area contributed by atoms with Gasteiger partial charge in [0.05, 0.1) is 0 Å². The fourth-order valence-corrected chi connectivity index (χ4v) is 1.87. The van der Waals surface area contributed by atoms with E-state index in [4.69, 9.17) is 11.6 Å². The molecule has 20 heavy (non-hydrogen) atoms. The van der Waals surface area contributed by atoms with E-state index in [0.29, 0.717) is 5.56 Å². The van der Waals surface area contributed by atoms with Gasteiger partial charge in [0.1, 0.15) is 5.03 Å². The summed E-state index contributed by atoms with van der Waals surface area (Å²) in [7, 11) is 0. The van der Waals surface area contributed by atoms with Crippen LogP contribution in [0.5, 0.6) is 0 Å². The van der Waals surface area contributed by atoms with Crippen molar-refractivity contribution in [2.75, 3.05) is 0 Å². The quantitative estimate of drug-likeness (QED) is 0.656. The zero-order valence-electron chi connectivity index (χ0n) is 10.7. The fraction of sp³-hybridized carbons (Fsp3) is 0.125. The second-order valence-corrected chi connectivity index (χ2v) is 4.89. The monoisotopic (exact) mass is 296 g/mol. The van der Waals surface area contributed by atoms with Crippen LogP contribution < -0.4 is 0 Å². The predicted octanol–water partition coefficient (Wildman–Crippen LogP) is 5.80. The van der Waals surface area contributed by atoms with Crippen LogP contribution in [0.3, 0.4) is 0 Å². The summed E-state index contributed by atoms with van der Waals surface area (Å²) >= 11 is 5.20. The van der Waals surface area contributed by atoms with E-state index in [-0.39, 0.29) is 0 Å². The Kier molecular flexibility index (Phi) is 4.19. The third kappa shape index (κ3) is 3.64. The number of halogens is 4. The van der Waals surface area contributed by atoms with Crippen molar-refractivity contribution < 1.29 is 13.2 Å². The van der Waals surface area contributed by atoms with Crippen molar-refractivity contribution in [3.05, 3.63) is 64.7 Å².